The summed E-state index contributed by atoms with van der Waals surface area (Å²) in [5.41, 5.74) is 4.07. The lowest BCUT2D eigenvalue weighted by atomic mass is 9.73. The summed E-state index contributed by atoms with van der Waals surface area (Å²) in [6.45, 7) is 3.16. The first-order valence-electron chi connectivity index (χ1n) is 18.7. The minimum absolute atomic E-state index is 0.0202. The van der Waals surface area contributed by atoms with Gasteiger partial charge < -0.3 is 40.2 Å². The number of benzene rings is 2. The number of fused-ring (bicyclic) bond motifs is 2. The Morgan fingerprint density at radius 1 is 1.09 bits per heavy atom. The van der Waals surface area contributed by atoms with Crippen LogP contribution in [0, 0.1) is 5.41 Å². The number of hydrogen-bond acceptors (Lipinski definition) is 11. The van der Waals surface area contributed by atoms with Gasteiger partial charge in [0.15, 0.2) is 18.2 Å². The van der Waals surface area contributed by atoms with Crippen LogP contribution in [-0.4, -0.2) is 87.3 Å². The molecule has 3 saturated heterocycles. The number of ether oxygens (including phenoxy) is 1. The van der Waals surface area contributed by atoms with Gasteiger partial charge >= 0.3 is 0 Å². The largest absolute Gasteiger partial charge is 0.478 e. The molecule has 3 aliphatic rings. The summed E-state index contributed by atoms with van der Waals surface area (Å²) in [5, 5.41) is 26.3. The van der Waals surface area contributed by atoms with Gasteiger partial charge in [-0.05, 0) is 62.4 Å². The molecule has 0 bridgehead atoms. The second-order valence-electron chi connectivity index (χ2n) is 15.0. The number of hydrogen-bond donors (Lipinski definition) is 4. The van der Waals surface area contributed by atoms with Gasteiger partial charge in [0.1, 0.15) is 11.3 Å². The van der Waals surface area contributed by atoms with Crippen molar-refractivity contribution < 1.29 is 19.4 Å². The van der Waals surface area contributed by atoms with Gasteiger partial charge in [-0.15, -0.1) is 0 Å². The molecular formula is C39H45ClN10O5. The highest BCUT2D eigenvalue weighted by atomic mass is 35.5. The molecule has 15 nitrogen and oxygen atoms in total. The molecule has 3 aliphatic heterocycles. The number of nitrogens with zero attached hydrogens (tertiary/aromatic N) is 7. The third-order valence-corrected chi connectivity index (χ3v) is 11.6. The number of aryl methyl sites for hydroxylation is 2. The molecule has 2 amide bonds. The summed E-state index contributed by atoms with van der Waals surface area (Å²) in [7, 11) is 5.13. The van der Waals surface area contributed by atoms with Crippen LogP contribution >= 0.6 is 11.6 Å². The number of rotatable bonds is 8. The molecular weight excluding hydrogens is 724 g/mol. The van der Waals surface area contributed by atoms with Crippen LogP contribution in [0.1, 0.15) is 50.1 Å². The predicted molar refractivity (Wildman–Crippen MR) is 211 cm³/mol. The molecule has 55 heavy (non-hydrogen) atoms. The van der Waals surface area contributed by atoms with E-state index in [1.54, 1.807) is 19.3 Å². The molecule has 0 aliphatic carbocycles. The minimum Gasteiger partial charge on any atom is -0.478 e. The molecule has 3 atom stereocenters. The number of carbonyl (C=O) groups excluding carboxylic acids is 2. The van der Waals surface area contributed by atoms with Crippen molar-refractivity contribution in [3.05, 3.63) is 69.7 Å². The minimum atomic E-state index is -0.958. The van der Waals surface area contributed by atoms with Gasteiger partial charge in [-0.1, -0.05) is 23.7 Å². The van der Waals surface area contributed by atoms with E-state index in [-0.39, 0.29) is 41.1 Å². The summed E-state index contributed by atoms with van der Waals surface area (Å²) in [4.78, 5) is 50.9. The number of halogens is 1. The zero-order chi connectivity index (χ0) is 38.4. The van der Waals surface area contributed by atoms with E-state index >= 15 is 0 Å². The Labute approximate surface area is 322 Å². The maximum atomic E-state index is 12.9. The number of aliphatic hydroxyl groups is 1. The van der Waals surface area contributed by atoms with Crippen LogP contribution in [-0.2, 0) is 23.7 Å². The van der Waals surface area contributed by atoms with Gasteiger partial charge in [0.05, 0.1) is 28.6 Å². The predicted octanol–water partition coefficient (Wildman–Crippen LogP) is 3.94. The fourth-order valence-corrected chi connectivity index (χ4v) is 8.79. The third-order valence-electron chi connectivity index (χ3n) is 11.4. The van der Waals surface area contributed by atoms with Crippen molar-refractivity contribution >= 4 is 68.4 Å². The summed E-state index contributed by atoms with van der Waals surface area (Å²) < 4.78 is 8.95. The van der Waals surface area contributed by atoms with Gasteiger partial charge in [-0.3, -0.25) is 19.1 Å². The first-order chi connectivity index (χ1) is 26.5. The zero-order valence-electron chi connectivity index (χ0n) is 31.1. The van der Waals surface area contributed by atoms with Crippen molar-refractivity contribution in [1.29, 1.82) is 0 Å². The second-order valence-corrected chi connectivity index (χ2v) is 15.4. The van der Waals surface area contributed by atoms with Gasteiger partial charge in [-0.25, -0.2) is 4.98 Å². The van der Waals surface area contributed by atoms with Gasteiger partial charge in [0.2, 0.25) is 11.9 Å². The first-order valence-corrected chi connectivity index (χ1v) is 19.1. The molecule has 3 fully saturated rings. The Kier molecular flexibility index (Phi) is 9.76. The fourth-order valence-electron chi connectivity index (χ4n) is 8.65. The van der Waals surface area contributed by atoms with Crippen LogP contribution in [0.5, 0.6) is 5.75 Å². The van der Waals surface area contributed by atoms with Crippen molar-refractivity contribution in [3.8, 4) is 5.75 Å². The van der Waals surface area contributed by atoms with E-state index < -0.39 is 6.23 Å². The highest BCUT2D eigenvalue weighted by molar-refractivity contribution is 6.33. The molecule has 4 N–H and O–H groups in total. The standard InChI is InChI=1S/C39H45ClN10O5/c1-41-32(52)20-55-30-18-23-17-24(9-11-28(23)47(2)37(30)54)43-35-27(40)19-42-38(45-35)50-16-6-14-39(22-50)13-5-15-49(21-39)29-8-4-7-25-33(46-48(3)34(25)29)26-10-12-31(51)44-36(26)53/h4,7-9,11,17-19,26,36,53H,5-6,10,12-16,20-22H2,1-3H3,(H,41,52)(H,44,51)(H,42,43,45). The molecule has 16 heteroatoms. The number of carbonyl (C=O) groups is 2. The number of likely N-dealkylation sites (N-methyl/N-ethyl adjacent to an activating group) is 1. The topological polar surface area (TPSA) is 172 Å². The highest BCUT2D eigenvalue weighted by Gasteiger charge is 2.41. The van der Waals surface area contributed by atoms with E-state index in [0.29, 0.717) is 40.8 Å². The van der Waals surface area contributed by atoms with E-state index in [2.05, 4.69) is 48.9 Å². The molecule has 5 aromatic rings. The molecule has 1 spiro atoms. The number of para-hydroxylation sites is 1. The summed E-state index contributed by atoms with van der Waals surface area (Å²) in [6.07, 6.45) is 5.82. The van der Waals surface area contributed by atoms with E-state index in [0.717, 1.165) is 79.5 Å². The van der Waals surface area contributed by atoms with Crippen molar-refractivity contribution in [1.82, 2.24) is 34.9 Å². The number of aromatic nitrogens is 5. The Bertz CT molecular complexity index is 2360. The Morgan fingerprint density at radius 2 is 1.87 bits per heavy atom. The van der Waals surface area contributed by atoms with Crippen molar-refractivity contribution in [2.24, 2.45) is 19.5 Å². The molecule has 8 rings (SSSR count). The maximum absolute atomic E-state index is 12.9. The maximum Gasteiger partial charge on any atom is 0.293 e. The molecule has 288 valence electrons. The van der Waals surface area contributed by atoms with E-state index in [1.807, 2.05) is 29.9 Å². The Hall–Kier alpha value is -5.41. The lowest BCUT2D eigenvalue weighted by molar-refractivity contribution is -0.127. The molecule has 3 unspecified atom stereocenters. The molecule has 0 saturated carbocycles. The van der Waals surface area contributed by atoms with Crippen molar-refractivity contribution in [2.75, 3.05) is 55.0 Å². The SMILES string of the molecule is CNC(=O)COc1cc2cc(Nc3nc(N4CCCC5(CCCN(c6cccc7c(C8CCC(=O)NC8O)nn(C)c67)C5)C4)ncc3Cl)ccc2n(C)c1=O. The Balaban J connectivity index is 1.02. The highest BCUT2D eigenvalue weighted by Crippen LogP contribution is 2.43. The number of pyridine rings is 1. The Morgan fingerprint density at radius 3 is 2.65 bits per heavy atom. The van der Waals surface area contributed by atoms with Gasteiger partial charge in [-0.2, -0.15) is 10.1 Å². The van der Waals surface area contributed by atoms with Crippen LogP contribution in [0.3, 0.4) is 0 Å². The van der Waals surface area contributed by atoms with E-state index in [9.17, 15) is 19.5 Å². The van der Waals surface area contributed by atoms with Gasteiger partial charge in [0.25, 0.3) is 11.5 Å². The fraction of sp³-hybridized carbons (Fsp3) is 0.436. The van der Waals surface area contributed by atoms with Crippen LogP contribution in [0.2, 0.25) is 5.02 Å². The van der Waals surface area contributed by atoms with E-state index in [1.165, 1.54) is 11.6 Å². The smallest absolute Gasteiger partial charge is 0.293 e. The molecule has 2 aromatic carbocycles. The van der Waals surface area contributed by atoms with Crippen molar-refractivity contribution in [2.45, 2.75) is 50.7 Å². The lowest BCUT2D eigenvalue weighted by Gasteiger charge is -2.49. The number of amides is 2. The number of nitrogens with one attached hydrogen (secondary N) is 3. The first kappa shape index (κ1) is 36.6. The summed E-state index contributed by atoms with van der Waals surface area (Å²) in [5.74, 6) is 0.421. The molecule has 3 aromatic heterocycles. The van der Waals surface area contributed by atoms with Crippen LogP contribution in [0.15, 0.2) is 53.5 Å². The average Bonchev–Trinajstić information content (AvgIpc) is 3.52. The summed E-state index contributed by atoms with van der Waals surface area (Å²) in [6, 6.07) is 13.5. The van der Waals surface area contributed by atoms with Crippen LogP contribution in [0.4, 0.5) is 23.1 Å². The van der Waals surface area contributed by atoms with Gasteiger partial charge in [0, 0.05) is 81.5 Å². The quantitative estimate of drug-likeness (QED) is 0.180. The lowest BCUT2D eigenvalue weighted by Crippen LogP contribution is -2.53. The third kappa shape index (κ3) is 7.02. The number of anilines is 4. The van der Waals surface area contributed by atoms with Crippen molar-refractivity contribution in [3.63, 3.8) is 0 Å². The van der Waals surface area contributed by atoms with Crippen LogP contribution < -0.4 is 36.0 Å². The normalized spacial score (nSPS) is 21.6. The average molecular weight is 769 g/mol. The monoisotopic (exact) mass is 768 g/mol. The number of aliphatic hydroxyl groups excluding tert-OH is 1. The van der Waals surface area contributed by atoms with E-state index in [4.69, 9.17) is 26.4 Å². The zero-order valence-corrected chi connectivity index (χ0v) is 31.9. The molecule has 6 heterocycles. The molecule has 0 radical (unpaired) electrons. The van der Waals surface area contributed by atoms with Crippen LogP contribution in [0.25, 0.3) is 21.8 Å². The number of piperidine rings is 3. The second kappa shape index (κ2) is 14.7. The summed E-state index contributed by atoms with van der Waals surface area (Å²) >= 11 is 6.66.